The summed E-state index contributed by atoms with van der Waals surface area (Å²) < 4.78 is 22.4. The SMILES string of the molecule is COc1cc(CN2CCC[C@H](c3nnc(-c4ccc(C)s4)o3)C2)cc(OC)c1OC. The smallest absolute Gasteiger partial charge is 0.257 e. The number of hydrogen-bond acceptors (Lipinski definition) is 8. The summed E-state index contributed by atoms with van der Waals surface area (Å²) in [7, 11) is 4.89. The minimum atomic E-state index is 0.239. The number of nitrogens with zero attached hydrogens (tertiary/aromatic N) is 3. The van der Waals surface area contributed by atoms with Gasteiger partial charge in [0, 0.05) is 18.0 Å². The lowest BCUT2D eigenvalue weighted by Crippen LogP contribution is -2.34. The highest BCUT2D eigenvalue weighted by Crippen LogP contribution is 2.39. The van der Waals surface area contributed by atoms with E-state index in [1.165, 1.54) is 4.88 Å². The van der Waals surface area contributed by atoms with Crippen LogP contribution in [0.2, 0.25) is 0 Å². The molecule has 30 heavy (non-hydrogen) atoms. The molecule has 0 aliphatic carbocycles. The molecule has 1 saturated heterocycles. The van der Waals surface area contributed by atoms with Crippen molar-refractivity contribution in [3.63, 3.8) is 0 Å². The van der Waals surface area contributed by atoms with Gasteiger partial charge in [0.15, 0.2) is 11.5 Å². The molecule has 0 unspecified atom stereocenters. The van der Waals surface area contributed by atoms with Crippen LogP contribution in [0.3, 0.4) is 0 Å². The van der Waals surface area contributed by atoms with E-state index in [4.69, 9.17) is 18.6 Å². The van der Waals surface area contributed by atoms with Gasteiger partial charge in [0.2, 0.25) is 11.6 Å². The normalized spacial score (nSPS) is 17.1. The van der Waals surface area contributed by atoms with Crippen LogP contribution in [-0.2, 0) is 6.54 Å². The minimum absolute atomic E-state index is 0.239. The maximum Gasteiger partial charge on any atom is 0.257 e. The molecule has 0 spiro atoms. The first-order valence-electron chi connectivity index (χ1n) is 10.0. The summed E-state index contributed by atoms with van der Waals surface area (Å²) in [5.41, 5.74) is 1.12. The third-order valence-electron chi connectivity index (χ3n) is 5.38. The highest BCUT2D eigenvalue weighted by molar-refractivity contribution is 7.15. The van der Waals surface area contributed by atoms with Crippen LogP contribution < -0.4 is 14.2 Å². The predicted molar refractivity (Wildman–Crippen MR) is 116 cm³/mol. The van der Waals surface area contributed by atoms with E-state index in [-0.39, 0.29) is 5.92 Å². The molecule has 160 valence electrons. The minimum Gasteiger partial charge on any atom is -0.493 e. The van der Waals surface area contributed by atoms with Gasteiger partial charge in [-0.15, -0.1) is 21.5 Å². The Balaban J connectivity index is 1.48. The van der Waals surface area contributed by atoms with Gasteiger partial charge in [0.1, 0.15) is 0 Å². The van der Waals surface area contributed by atoms with Crippen LogP contribution in [0.1, 0.15) is 35.1 Å². The standard InChI is InChI=1S/C22H27N3O4S/c1-14-7-8-19(30-14)22-24-23-21(29-22)16-6-5-9-25(13-16)12-15-10-17(26-2)20(28-4)18(11-15)27-3/h7-8,10-11,16H,5-6,9,12-13H2,1-4H3/t16-/m0/s1. The van der Waals surface area contributed by atoms with Gasteiger partial charge in [-0.3, -0.25) is 4.90 Å². The molecule has 7 nitrogen and oxygen atoms in total. The van der Waals surface area contributed by atoms with Crippen molar-refractivity contribution in [2.45, 2.75) is 32.2 Å². The third-order valence-corrected chi connectivity index (χ3v) is 6.37. The van der Waals surface area contributed by atoms with Crippen molar-refractivity contribution in [1.82, 2.24) is 15.1 Å². The lowest BCUT2D eigenvalue weighted by atomic mass is 9.97. The number of aromatic nitrogens is 2. The number of methoxy groups -OCH3 is 3. The average Bonchev–Trinajstić information content (AvgIpc) is 3.42. The summed E-state index contributed by atoms with van der Waals surface area (Å²) in [5.74, 6) is 3.54. The first-order valence-corrected chi connectivity index (χ1v) is 10.8. The van der Waals surface area contributed by atoms with E-state index in [1.807, 2.05) is 18.2 Å². The van der Waals surface area contributed by atoms with Crippen LogP contribution >= 0.6 is 11.3 Å². The second-order valence-electron chi connectivity index (χ2n) is 7.46. The molecule has 1 fully saturated rings. The lowest BCUT2D eigenvalue weighted by Gasteiger charge is -2.31. The number of rotatable bonds is 7. The molecule has 8 heteroatoms. The van der Waals surface area contributed by atoms with Gasteiger partial charge in [0.05, 0.1) is 32.1 Å². The fourth-order valence-electron chi connectivity index (χ4n) is 3.93. The molecular weight excluding hydrogens is 402 g/mol. The molecule has 4 rings (SSSR count). The Morgan fingerprint density at radius 1 is 1.10 bits per heavy atom. The molecule has 3 aromatic rings. The zero-order valence-corrected chi connectivity index (χ0v) is 18.6. The number of hydrogen-bond donors (Lipinski definition) is 0. The molecule has 2 aromatic heterocycles. The highest BCUT2D eigenvalue weighted by Gasteiger charge is 2.27. The summed E-state index contributed by atoms with van der Waals surface area (Å²) in [6, 6.07) is 8.13. The third kappa shape index (κ3) is 4.29. The van der Waals surface area contributed by atoms with Crippen molar-refractivity contribution in [3.05, 3.63) is 40.6 Å². The lowest BCUT2D eigenvalue weighted by molar-refractivity contribution is 0.186. The van der Waals surface area contributed by atoms with Gasteiger partial charge >= 0.3 is 0 Å². The monoisotopic (exact) mass is 429 g/mol. The number of ether oxygens (including phenoxy) is 3. The van der Waals surface area contributed by atoms with Gasteiger partial charge in [0.25, 0.3) is 5.89 Å². The zero-order chi connectivity index (χ0) is 21.1. The molecule has 0 saturated carbocycles. The summed E-state index contributed by atoms with van der Waals surface area (Å²) in [6.45, 7) is 4.77. The maximum absolute atomic E-state index is 6.03. The van der Waals surface area contributed by atoms with Gasteiger partial charge in [-0.2, -0.15) is 0 Å². The molecule has 1 aliphatic heterocycles. The first-order chi connectivity index (χ1) is 14.6. The Bertz CT molecular complexity index is 975. The van der Waals surface area contributed by atoms with Gasteiger partial charge in [-0.25, -0.2) is 0 Å². The van der Waals surface area contributed by atoms with Crippen LogP contribution in [0.5, 0.6) is 17.2 Å². The topological polar surface area (TPSA) is 69.9 Å². The highest BCUT2D eigenvalue weighted by atomic mass is 32.1. The van der Waals surface area contributed by atoms with E-state index in [2.05, 4.69) is 28.1 Å². The molecule has 3 heterocycles. The average molecular weight is 430 g/mol. The van der Waals surface area contributed by atoms with Crippen molar-refractivity contribution >= 4 is 11.3 Å². The molecule has 0 radical (unpaired) electrons. The largest absolute Gasteiger partial charge is 0.493 e. The van der Waals surface area contributed by atoms with Crippen molar-refractivity contribution < 1.29 is 18.6 Å². The van der Waals surface area contributed by atoms with E-state index in [0.29, 0.717) is 23.1 Å². The van der Waals surface area contributed by atoms with Crippen molar-refractivity contribution in [2.24, 2.45) is 0 Å². The Morgan fingerprint density at radius 3 is 2.50 bits per heavy atom. The Morgan fingerprint density at radius 2 is 1.87 bits per heavy atom. The Kier molecular flexibility index (Phi) is 6.24. The number of piperidine rings is 1. The van der Waals surface area contributed by atoms with E-state index >= 15 is 0 Å². The van der Waals surface area contributed by atoms with Crippen molar-refractivity contribution in [1.29, 1.82) is 0 Å². The second-order valence-corrected chi connectivity index (χ2v) is 8.75. The fraction of sp³-hybridized carbons (Fsp3) is 0.455. The number of likely N-dealkylation sites (tertiary alicyclic amines) is 1. The van der Waals surface area contributed by atoms with E-state index < -0.39 is 0 Å². The van der Waals surface area contributed by atoms with Crippen LogP contribution in [0.4, 0.5) is 0 Å². The van der Waals surface area contributed by atoms with Crippen molar-refractivity contribution in [2.75, 3.05) is 34.4 Å². The Labute approximate surface area is 180 Å². The van der Waals surface area contributed by atoms with E-state index in [9.17, 15) is 0 Å². The van der Waals surface area contributed by atoms with E-state index in [0.717, 1.165) is 48.8 Å². The van der Waals surface area contributed by atoms with Gasteiger partial charge in [-0.05, 0) is 56.1 Å². The summed E-state index contributed by atoms with van der Waals surface area (Å²) in [6.07, 6.45) is 2.14. The quantitative estimate of drug-likeness (QED) is 0.547. The summed E-state index contributed by atoms with van der Waals surface area (Å²) in [4.78, 5) is 4.67. The zero-order valence-electron chi connectivity index (χ0n) is 17.8. The number of thiophene rings is 1. The van der Waals surface area contributed by atoms with Crippen LogP contribution in [-0.4, -0.2) is 49.5 Å². The molecule has 0 bridgehead atoms. The Hall–Kier alpha value is -2.58. The fourth-order valence-corrected chi connectivity index (χ4v) is 4.72. The first kappa shape index (κ1) is 20.7. The number of benzene rings is 1. The molecule has 1 aromatic carbocycles. The van der Waals surface area contributed by atoms with Gasteiger partial charge < -0.3 is 18.6 Å². The maximum atomic E-state index is 6.03. The predicted octanol–water partition coefficient (Wildman–Crippen LogP) is 4.51. The molecule has 1 atom stereocenters. The molecular formula is C22H27N3O4S. The van der Waals surface area contributed by atoms with Crippen molar-refractivity contribution in [3.8, 4) is 28.0 Å². The number of aryl methyl sites for hydroxylation is 1. The van der Waals surface area contributed by atoms with Crippen LogP contribution in [0.25, 0.3) is 10.8 Å². The summed E-state index contributed by atoms with van der Waals surface area (Å²) in [5, 5.41) is 8.63. The van der Waals surface area contributed by atoms with Gasteiger partial charge in [-0.1, -0.05) is 0 Å². The molecule has 0 amide bonds. The second kappa shape index (κ2) is 9.06. The molecule has 1 aliphatic rings. The van der Waals surface area contributed by atoms with E-state index in [1.54, 1.807) is 32.7 Å². The molecule has 0 N–H and O–H groups in total. The van der Waals surface area contributed by atoms with Crippen LogP contribution in [0.15, 0.2) is 28.7 Å². The van der Waals surface area contributed by atoms with Crippen LogP contribution in [0, 0.1) is 6.92 Å². The summed E-state index contributed by atoms with van der Waals surface area (Å²) >= 11 is 1.67.